The maximum atomic E-state index is 13.5. The van der Waals surface area contributed by atoms with E-state index in [9.17, 15) is 4.79 Å². The lowest BCUT2D eigenvalue weighted by atomic mass is 9.97. The fourth-order valence-electron chi connectivity index (χ4n) is 4.04. The number of amides is 1. The van der Waals surface area contributed by atoms with Gasteiger partial charge in [-0.3, -0.25) is 4.79 Å². The van der Waals surface area contributed by atoms with Gasteiger partial charge in [0.25, 0.3) is 5.91 Å². The lowest BCUT2D eigenvalue weighted by Gasteiger charge is -2.32. The van der Waals surface area contributed by atoms with Crippen LogP contribution < -0.4 is 5.32 Å². The number of benzene rings is 2. The molecule has 1 aromatic heterocycles. The molecule has 1 saturated heterocycles. The highest BCUT2D eigenvalue weighted by Crippen LogP contribution is 2.27. The van der Waals surface area contributed by atoms with E-state index < -0.39 is 0 Å². The molecule has 1 atom stereocenters. The standard InChI is InChI=1S/C24H28N4O/c1-18-10-12-21(13-11-18)28-17-22(23(26-28)20-8-4-3-5-9-20)24(29)27-14-6-7-19(16-27)15-25-2/h3-5,8-13,17,19,25H,6-7,14-16H2,1-2H3. The Kier molecular flexibility index (Phi) is 5.76. The Morgan fingerprint density at radius 2 is 1.90 bits per heavy atom. The number of hydrogen-bond donors (Lipinski definition) is 1. The number of nitrogens with one attached hydrogen (secondary N) is 1. The van der Waals surface area contributed by atoms with Gasteiger partial charge in [-0.05, 0) is 51.4 Å². The van der Waals surface area contributed by atoms with Gasteiger partial charge in [0.2, 0.25) is 0 Å². The third kappa shape index (κ3) is 4.25. The van der Waals surface area contributed by atoms with Gasteiger partial charge in [-0.1, -0.05) is 48.0 Å². The van der Waals surface area contributed by atoms with Crippen LogP contribution in [0.3, 0.4) is 0 Å². The normalized spacial score (nSPS) is 16.8. The van der Waals surface area contributed by atoms with Crippen molar-refractivity contribution in [3.8, 4) is 16.9 Å². The van der Waals surface area contributed by atoms with Crippen LogP contribution in [0.5, 0.6) is 0 Å². The van der Waals surface area contributed by atoms with Crippen molar-refractivity contribution in [1.82, 2.24) is 20.0 Å². The van der Waals surface area contributed by atoms with Gasteiger partial charge < -0.3 is 10.2 Å². The third-order valence-electron chi connectivity index (χ3n) is 5.59. The molecule has 0 spiro atoms. The topological polar surface area (TPSA) is 50.2 Å². The van der Waals surface area contributed by atoms with Crippen LogP contribution in [-0.2, 0) is 0 Å². The molecule has 1 amide bonds. The Labute approximate surface area is 172 Å². The second-order valence-electron chi connectivity index (χ2n) is 7.85. The number of carbonyl (C=O) groups excluding carboxylic acids is 1. The monoisotopic (exact) mass is 388 g/mol. The highest BCUT2D eigenvalue weighted by Gasteiger charge is 2.27. The molecular formula is C24H28N4O. The Bertz CT molecular complexity index is 960. The Balaban J connectivity index is 1.71. The first-order valence-corrected chi connectivity index (χ1v) is 10.3. The highest BCUT2D eigenvalue weighted by molar-refractivity contribution is 6.00. The maximum absolute atomic E-state index is 13.5. The zero-order chi connectivity index (χ0) is 20.2. The predicted octanol–water partition coefficient (Wildman–Crippen LogP) is 3.92. The molecule has 29 heavy (non-hydrogen) atoms. The largest absolute Gasteiger partial charge is 0.338 e. The van der Waals surface area contributed by atoms with Crippen LogP contribution in [0.25, 0.3) is 16.9 Å². The summed E-state index contributed by atoms with van der Waals surface area (Å²) < 4.78 is 1.82. The van der Waals surface area contributed by atoms with Crippen molar-refractivity contribution in [1.29, 1.82) is 0 Å². The zero-order valence-corrected chi connectivity index (χ0v) is 17.1. The molecule has 1 N–H and O–H groups in total. The van der Waals surface area contributed by atoms with Crippen molar-refractivity contribution < 1.29 is 4.79 Å². The fourth-order valence-corrected chi connectivity index (χ4v) is 4.04. The summed E-state index contributed by atoms with van der Waals surface area (Å²) in [6.45, 7) is 4.61. The van der Waals surface area contributed by atoms with Gasteiger partial charge in [0.1, 0.15) is 5.69 Å². The summed E-state index contributed by atoms with van der Waals surface area (Å²) in [5.41, 5.74) is 4.53. The van der Waals surface area contributed by atoms with E-state index >= 15 is 0 Å². The molecule has 5 heteroatoms. The summed E-state index contributed by atoms with van der Waals surface area (Å²) in [5, 5.41) is 8.06. The van der Waals surface area contributed by atoms with E-state index in [4.69, 9.17) is 5.10 Å². The lowest BCUT2D eigenvalue weighted by molar-refractivity contribution is 0.0675. The van der Waals surface area contributed by atoms with Crippen LogP contribution in [0.2, 0.25) is 0 Å². The lowest BCUT2D eigenvalue weighted by Crippen LogP contribution is -2.42. The first-order chi connectivity index (χ1) is 14.2. The van der Waals surface area contributed by atoms with E-state index in [1.54, 1.807) is 0 Å². The fraction of sp³-hybridized carbons (Fsp3) is 0.333. The van der Waals surface area contributed by atoms with Gasteiger partial charge in [0.05, 0.1) is 11.3 Å². The Morgan fingerprint density at radius 1 is 1.14 bits per heavy atom. The Morgan fingerprint density at radius 3 is 2.62 bits per heavy atom. The molecule has 4 rings (SSSR count). The van der Waals surface area contributed by atoms with E-state index in [1.165, 1.54) is 12.0 Å². The highest BCUT2D eigenvalue weighted by atomic mass is 16.2. The zero-order valence-electron chi connectivity index (χ0n) is 17.1. The minimum absolute atomic E-state index is 0.0722. The van der Waals surface area contributed by atoms with E-state index in [-0.39, 0.29) is 5.91 Å². The van der Waals surface area contributed by atoms with Crippen molar-refractivity contribution in [3.63, 3.8) is 0 Å². The maximum Gasteiger partial charge on any atom is 0.257 e. The molecule has 2 aromatic carbocycles. The molecule has 5 nitrogen and oxygen atoms in total. The first kappa shape index (κ1) is 19.4. The second-order valence-corrected chi connectivity index (χ2v) is 7.85. The summed E-state index contributed by atoms with van der Waals surface area (Å²) in [7, 11) is 1.97. The predicted molar refractivity (Wildman–Crippen MR) is 116 cm³/mol. The molecule has 3 aromatic rings. The summed E-state index contributed by atoms with van der Waals surface area (Å²) in [4.78, 5) is 15.5. The van der Waals surface area contributed by atoms with E-state index in [0.717, 1.165) is 43.0 Å². The van der Waals surface area contributed by atoms with E-state index in [1.807, 2.05) is 65.3 Å². The van der Waals surface area contributed by atoms with Crippen LogP contribution in [-0.4, -0.2) is 47.3 Å². The summed E-state index contributed by atoms with van der Waals surface area (Å²) >= 11 is 0. The quantitative estimate of drug-likeness (QED) is 0.721. The Hall–Kier alpha value is -2.92. The molecule has 0 bridgehead atoms. The summed E-state index contributed by atoms with van der Waals surface area (Å²) in [5.74, 6) is 0.577. The number of piperidine rings is 1. The summed E-state index contributed by atoms with van der Waals surface area (Å²) in [6, 6.07) is 18.2. The van der Waals surface area contributed by atoms with Gasteiger partial charge in [-0.2, -0.15) is 5.10 Å². The molecule has 0 radical (unpaired) electrons. The first-order valence-electron chi connectivity index (χ1n) is 10.3. The third-order valence-corrected chi connectivity index (χ3v) is 5.59. The molecule has 0 aliphatic carbocycles. The minimum atomic E-state index is 0.0722. The average molecular weight is 389 g/mol. The second kappa shape index (κ2) is 8.62. The van der Waals surface area contributed by atoms with Gasteiger partial charge in [-0.25, -0.2) is 4.68 Å². The van der Waals surface area contributed by atoms with Crippen LogP contribution in [0.4, 0.5) is 0 Å². The van der Waals surface area contributed by atoms with Crippen LogP contribution in [0.15, 0.2) is 60.8 Å². The van der Waals surface area contributed by atoms with Gasteiger partial charge in [0, 0.05) is 24.8 Å². The van der Waals surface area contributed by atoms with Crippen molar-refractivity contribution in [2.75, 3.05) is 26.7 Å². The number of hydrogen-bond acceptors (Lipinski definition) is 3. The molecule has 1 aliphatic heterocycles. The molecule has 1 aliphatic rings. The van der Waals surface area contributed by atoms with Gasteiger partial charge in [0.15, 0.2) is 0 Å². The van der Waals surface area contributed by atoms with Crippen molar-refractivity contribution in [3.05, 3.63) is 71.9 Å². The number of aromatic nitrogens is 2. The van der Waals surface area contributed by atoms with Crippen LogP contribution in [0, 0.1) is 12.8 Å². The van der Waals surface area contributed by atoms with Crippen molar-refractivity contribution in [2.45, 2.75) is 19.8 Å². The molecule has 1 fully saturated rings. The average Bonchev–Trinajstić information content (AvgIpc) is 3.20. The number of likely N-dealkylation sites (tertiary alicyclic amines) is 1. The SMILES string of the molecule is CNCC1CCCN(C(=O)c2cn(-c3ccc(C)cc3)nc2-c2ccccc2)C1. The molecule has 0 saturated carbocycles. The molecular weight excluding hydrogens is 360 g/mol. The number of rotatable bonds is 5. The molecule has 150 valence electrons. The number of carbonyl (C=O) groups is 1. The van der Waals surface area contributed by atoms with Crippen molar-refractivity contribution >= 4 is 5.91 Å². The smallest absolute Gasteiger partial charge is 0.257 e. The van der Waals surface area contributed by atoms with Crippen molar-refractivity contribution in [2.24, 2.45) is 5.92 Å². The number of nitrogens with zero attached hydrogens (tertiary/aromatic N) is 3. The van der Waals surface area contributed by atoms with Crippen LogP contribution in [0.1, 0.15) is 28.8 Å². The molecule has 2 heterocycles. The van der Waals surface area contributed by atoms with Gasteiger partial charge >= 0.3 is 0 Å². The van der Waals surface area contributed by atoms with E-state index in [2.05, 4.69) is 24.4 Å². The molecule has 1 unspecified atom stereocenters. The minimum Gasteiger partial charge on any atom is -0.338 e. The summed E-state index contributed by atoms with van der Waals surface area (Å²) in [6.07, 6.45) is 4.10. The number of aryl methyl sites for hydroxylation is 1. The van der Waals surface area contributed by atoms with E-state index in [0.29, 0.717) is 11.5 Å². The van der Waals surface area contributed by atoms with Gasteiger partial charge in [-0.15, -0.1) is 0 Å². The van der Waals surface area contributed by atoms with Crippen LogP contribution >= 0.6 is 0 Å².